The zero-order valence-electron chi connectivity index (χ0n) is 17.2. The molecule has 3 aromatic rings. The molecule has 4 heterocycles. The normalized spacial score (nSPS) is 19.2. The van der Waals surface area contributed by atoms with Gasteiger partial charge < -0.3 is 14.5 Å². The summed E-state index contributed by atoms with van der Waals surface area (Å²) < 4.78 is 8.04. The van der Waals surface area contributed by atoms with E-state index in [0.29, 0.717) is 12.0 Å². The van der Waals surface area contributed by atoms with Crippen LogP contribution in [0.25, 0.3) is 5.65 Å². The molecule has 5 rings (SSSR count). The second-order valence-corrected chi connectivity index (χ2v) is 8.80. The number of aryl methyl sites for hydroxylation is 1. The average Bonchev–Trinajstić information content (AvgIpc) is 3.33. The highest BCUT2D eigenvalue weighted by atomic mass is 16.5. The van der Waals surface area contributed by atoms with Gasteiger partial charge in [-0.15, -0.1) is 0 Å². The molecular formula is C24H30N4O. The second-order valence-electron chi connectivity index (χ2n) is 8.80. The number of hydrogen-bond donors (Lipinski definition) is 1. The Hall–Kier alpha value is -2.37. The lowest BCUT2D eigenvalue weighted by atomic mass is 9.78. The molecule has 2 saturated heterocycles. The fraction of sp³-hybridized carbons (Fsp3) is 0.458. The van der Waals surface area contributed by atoms with E-state index in [1.807, 2.05) is 18.5 Å². The fourth-order valence-corrected chi connectivity index (χ4v) is 4.91. The van der Waals surface area contributed by atoms with Crippen LogP contribution in [0.2, 0.25) is 0 Å². The monoisotopic (exact) mass is 390 g/mol. The number of imidazole rings is 1. The van der Waals surface area contributed by atoms with Crippen LogP contribution >= 0.6 is 0 Å². The van der Waals surface area contributed by atoms with Gasteiger partial charge in [0.1, 0.15) is 18.0 Å². The van der Waals surface area contributed by atoms with Crippen molar-refractivity contribution in [3.8, 4) is 5.75 Å². The summed E-state index contributed by atoms with van der Waals surface area (Å²) in [6.07, 6.45) is 8.09. The predicted octanol–water partition coefficient (Wildman–Crippen LogP) is 3.80. The zero-order chi connectivity index (χ0) is 19.7. The molecule has 0 amide bonds. The minimum Gasteiger partial charge on any atom is -0.487 e. The molecule has 2 fully saturated rings. The number of pyridine rings is 1. The van der Waals surface area contributed by atoms with Gasteiger partial charge in [-0.05, 0) is 80.6 Å². The zero-order valence-corrected chi connectivity index (χ0v) is 17.2. The largest absolute Gasteiger partial charge is 0.487 e. The molecule has 5 heteroatoms. The summed E-state index contributed by atoms with van der Waals surface area (Å²) in [5.74, 6) is 0.902. The molecule has 0 aliphatic carbocycles. The molecule has 0 bridgehead atoms. The quantitative estimate of drug-likeness (QED) is 0.720. The molecule has 0 saturated carbocycles. The standard InChI is InChI=1S/C24H30N4O/c1-19-3-2-13-28-16-21(26-23(19)28)17-29-22-6-4-20(5-7-22)15-27-14-10-24(18-27)8-11-25-12-9-24/h2-7,13,16,25H,8-12,14-15,17-18H2,1H3. The molecule has 29 heavy (non-hydrogen) atoms. The van der Waals surface area contributed by atoms with Crippen LogP contribution in [0.15, 0.2) is 48.8 Å². The molecule has 152 valence electrons. The van der Waals surface area contributed by atoms with Crippen molar-refractivity contribution in [2.45, 2.75) is 39.3 Å². The number of fused-ring (bicyclic) bond motifs is 1. The van der Waals surface area contributed by atoms with Gasteiger partial charge in [0.15, 0.2) is 0 Å². The SMILES string of the molecule is Cc1cccn2cc(COc3ccc(CN4CCC5(CCNCC5)C4)cc3)nc12. The number of aromatic nitrogens is 2. The Morgan fingerprint density at radius 2 is 1.93 bits per heavy atom. The molecule has 2 aliphatic heterocycles. The first-order valence-electron chi connectivity index (χ1n) is 10.8. The molecule has 2 aliphatic rings. The third kappa shape index (κ3) is 4.02. The van der Waals surface area contributed by atoms with Gasteiger partial charge in [-0.25, -0.2) is 4.98 Å². The van der Waals surface area contributed by atoms with Crippen molar-refractivity contribution in [3.63, 3.8) is 0 Å². The summed E-state index contributed by atoms with van der Waals surface area (Å²) in [6.45, 7) is 8.46. The van der Waals surface area contributed by atoms with Gasteiger partial charge in [-0.2, -0.15) is 0 Å². The Bertz CT molecular complexity index is 972. The molecule has 1 aromatic carbocycles. The highest BCUT2D eigenvalue weighted by Gasteiger charge is 2.38. The lowest BCUT2D eigenvalue weighted by Gasteiger charge is -2.33. The van der Waals surface area contributed by atoms with Crippen LogP contribution < -0.4 is 10.1 Å². The summed E-state index contributed by atoms with van der Waals surface area (Å²) in [4.78, 5) is 7.31. The van der Waals surface area contributed by atoms with Crippen molar-refractivity contribution in [1.82, 2.24) is 19.6 Å². The number of likely N-dealkylation sites (tertiary alicyclic amines) is 1. The van der Waals surface area contributed by atoms with Crippen LogP contribution in [0, 0.1) is 12.3 Å². The predicted molar refractivity (Wildman–Crippen MR) is 115 cm³/mol. The molecule has 1 spiro atoms. The van der Waals surface area contributed by atoms with E-state index in [1.54, 1.807) is 0 Å². The smallest absolute Gasteiger partial charge is 0.140 e. The van der Waals surface area contributed by atoms with Crippen molar-refractivity contribution in [2.24, 2.45) is 5.41 Å². The van der Waals surface area contributed by atoms with E-state index < -0.39 is 0 Å². The maximum atomic E-state index is 5.98. The summed E-state index contributed by atoms with van der Waals surface area (Å²) in [6, 6.07) is 12.7. The van der Waals surface area contributed by atoms with Crippen LogP contribution in [-0.4, -0.2) is 40.5 Å². The van der Waals surface area contributed by atoms with Gasteiger partial charge in [0, 0.05) is 25.5 Å². The van der Waals surface area contributed by atoms with Gasteiger partial charge in [-0.1, -0.05) is 18.2 Å². The first-order valence-corrected chi connectivity index (χ1v) is 10.8. The van der Waals surface area contributed by atoms with E-state index >= 15 is 0 Å². The molecule has 0 unspecified atom stereocenters. The molecule has 2 aromatic heterocycles. The number of benzene rings is 1. The average molecular weight is 391 g/mol. The van der Waals surface area contributed by atoms with Crippen molar-refractivity contribution < 1.29 is 4.74 Å². The number of nitrogens with zero attached hydrogens (tertiary/aromatic N) is 3. The van der Waals surface area contributed by atoms with E-state index in [4.69, 9.17) is 4.74 Å². The topological polar surface area (TPSA) is 41.8 Å². The lowest BCUT2D eigenvalue weighted by molar-refractivity contribution is 0.194. The maximum Gasteiger partial charge on any atom is 0.140 e. The summed E-state index contributed by atoms with van der Waals surface area (Å²) in [5, 5.41) is 3.50. The fourth-order valence-electron chi connectivity index (χ4n) is 4.91. The van der Waals surface area contributed by atoms with Gasteiger partial charge in [0.25, 0.3) is 0 Å². The Balaban J connectivity index is 1.16. The Morgan fingerprint density at radius 3 is 2.72 bits per heavy atom. The summed E-state index contributed by atoms with van der Waals surface area (Å²) in [7, 11) is 0. The van der Waals surface area contributed by atoms with Crippen molar-refractivity contribution >= 4 is 5.65 Å². The van der Waals surface area contributed by atoms with Crippen LogP contribution in [-0.2, 0) is 13.2 Å². The van der Waals surface area contributed by atoms with E-state index in [0.717, 1.165) is 23.6 Å². The molecular weight excluding hydrogens is 360 g/mol. The van der Waals surface area contributed by atoms with Crippen molar-refractivity contribution in [2.75, 3.05) is 26.2 Å². The molecule has 5 nitrogen and oxygen atoms in total. The first-order chi connectivity index (χ1) is 14.2. The Kier molecular flexibility index (Phi) is 5.02. The Labute approximate surface area is 172 Å². The number of nitrogens with one attached hydrogen (secondary N) is 1. The van der Waals surface area contributed by atoms with Crippen LogP contribution in [0.4, 0.5) is 0 Å². The minimum atomic E-state index is 0.489. The number of rotatable bonds is 5. The van der Waals surface area contributed by atoms with Crippen LogP contribution in [0.5, 0.6) is 5.75 Å². The number of ether oxygens (including phenoxy) is 1. The van der Waals surface area contributed by atoms with E-state index in [-0.39, 0.29) is 0 Å². The Morgan fingerprint density at radius 1 is 1.10 bits per heavy atom. The molecule has 0 atom stereocenters. The van der Waals surface area contributed by atoms with Crippen molar-refractivity contribution in [3.05, 3.63) is 65.6 Å². The minimum absolute atomic E-state index is 0.489. The summed E-state index contributed by atoms with van der Waals surface area (Å²) in [5.41, 5.74) is 5.06. The van der Waals surface area contributed by atoms with E-state index in [9.17, 15) is 0 Å². The first kappa shape index (κ1) is 18.6. The highest BCUT2D eigenvalue weighted by molar-refractivity contribution is 5.47. The van der Waals surface area contributed by atoms with Gasteiger partial charge in [0.2, 0.25) is 0 Å². The second kappa shape index (κ2) is 7.81. The van der Waals surface area contributed by atoms with Crippen LogP contribution in [0.1, 0.15) is 36.1 Å². The van der Waals surface area contributed by atoms with E-state index in [2.05, 4.69) is 56.9 Å². The van der Waals surface area contributed by atoms with Crippen LogP contribution in [0.3, 0.4) is 0 Å². The summed E-state index contributed by atoms with van der Waals surface area (Å²) >= 11 is 0. The third-order valence-electron chi connectivity index (χ3n) is 6.63. The highest BCUT2D eigenvalue weighted by Crippen LogP contribution is 2.39. The third-order valence-corrected chi connectivity index (χ3v) is 6.63. The maximum absolute atomic E-state index is 5.98. The lowest BCUT2D eigenvalue weighted by Crippen LogP contribution is -2.38. The van der Waals surface area contributed by atoms with E-state index in [1.165, 1.54) is 56.6 Å². The van der Waals surface area contributed by atoms with Crippen molar-refractivity contribution in [1.29, 1.82) is 0 Å². The number of piperidine rings is 1. The molecule has 0 radical (unpaired) electrons. The van der Waals surface area contributed by atoms with Gasteiger partial charge in [0.05, 0.1) is 5.69 Å². The van der Waals surface area contributed by atoms with Gasteiger partial charge >= 0.3 is 0 Å². The number of hydrogen-bond acceptors (Lipinski definition) is 4. The van der Waals surface area contributed by atoms with Gasteiger partial charge in [-0.3, -0.25) is 4.90 Å². The molecule has 1 N–H and O–H groups in total.